The van der Waals surface area contributed by atoms with Gasteiger partial charge in [0.25, 0.3) is 0 Å². The van der Waals surface area contributed by atoms with E-state index in [4.69, 9.17) is 0 Å². The summed E-state index contributed by atoms with van der Waals surface area (Å²) in [5, 5.41) is 2.93. The molecule has 1 heterocycles. The highest BCUT2D eigenvalue weighted by molar-refractivity contribution is 6.02. The molecule has 29 heavy (non-hydrogen) atoms. The zero-order valence-electron chi connectivity index (χ0n) is 17.7. The van der Waals surface area contributed by atoms with Gasteiger partial charge < -0.3 is 20.0 Å². The van der Waals surface area contributed by atoms with Crippen molar-refractivity contribution < 1.29 is 9.59 Å². The molecule has 1 saturated heterocycles. The molecule has 0 atom stereocenters. The molecule has 1 fully saturated rings. The fourth-order valence-corrected chi connectivity index (χ4v) is 3.51. The summed E-state index contributed by atoms with van der Waals surface area (Å²) < 4.78 is 0. The third kappa shape index (κ3) is 5.15. The molecule has 0 aromatic heterocycles. The Morgan fingerprint density at radius 2 is 1.66 bits per heavy atom. The normalized spacial score (nSPS) is 14.6. The number of carbonyl (C=O) groups is 2. The molecule has 2 aromatic carbocycles. The second-order valence-electron chi connectivity index (χ2n) is 7.71. The van der Waals surface area contributed by atoms with Crippen LogP contribution in [0.3, 0.4) is 0 Å². The van der Waals surface area contributed by atoms with Crippen LogP contribution >= 0.6 is 0 Å². The van der Waals surface area contributed by atoms with Crippen molar-refractivity contribution in [2.24, 2.45) is 0 Å². The van der Waals surface area contributed by atoms with E-state index in [1.54, 1.807) is 0 Å². The number of nitrogens with zero attached hydrogens (tertiary/aromatic N) is 3. The molecule has 3 rings (SSSR count). The Bertz CT molecular complexity index is 871. The van der Waals surface area contributed by atoms with E-state index in [0.29, 0.717) is 0 Å². The van der Waals surface area contributed by atoms with Crippen molar-refractivity contribution in [3.63, 3.8) is 0 Å². The number of hydrogen-bond donors (Lipinski definition) is 1. The maximum Gasteiger partial charge on any atom is 0.244 e. The zero-order valence-corrected chi connectivity index (χ0v) is 17.7. The number of anilines is 3. The number of benzene rings is 2. The minimum Gasteiger partial charge on any atom is -0.369 e. The maximum atomic E-state index is 12.6. The summed E-state index contributed by atoms with van der Waals surface area (Å²) >= 11 is 0. The summed E-state index contributed by atoms with van der Waals surface area (Å²) in [6.07, 6.45) is 0. The Morgan fingerprint density at radius 1 is 1.00 bits per heavy atom. The molecule has 154 valence electrons. The van der Waals surface area contributed by atoms with Crippen molar-refractivity contribution in [2.75, 3.05) is 54.9 Å². The Balaban J connectivity index is 1.68. The van der Waals surface area contributed by atoms with Crippen LogP contribution in [0.5, 0.6) is 0 Å². The minimum absolute atomic E-state index is 0.0173. The first kappa shape index (κ1) is 20.9. The van der Waals surface area contributed by atoms with Crippen LogP contribution in [0, 0.1) is 13.8 Å². The second-order valence-corrected chi connectivity index (χ2v) is 7.71. The average Bonchev–Trinajstić information content (AvgIpc) is 2.70. The number of carbonyl (C=O) groups excluding carboxylic acids is 2. The van der Waals surface area contributed by atoms with Gasteiger partial charge in [0, 0.05) is 50.2 Å². The van der Waals surface area contributed by atoms with E-state index in [0.717, 1.165) is 54.4 Å². The second kappa shape index (κ2) is 9.09. The van der Waals surface area contributed by atoms with E-state index in [1.165, 1.54) is 11.8 Å². The van der Waals surface area contributed by atoms with Gasteiger partial charge in [-0.3, -0.25) is 9.59 Å². The quantitative estimate of drug-likeness (QED) is 0.847. The number of hydrogen-bond acceptors (Lipinski definition) is 4. The summed E-state index contributed by atoms with van der Waals surface area (Å²) in [6, 6.07) is 13.7. The van der Waals surface area contributed by atoms with E-state index in [9.17, 15) is 9.59 Å². The van der Waals surface area contributed by atoms with Crippen LogP contribution in [0.15, 0.2) is 42.5 Å². The third-order valence-electron chi connectivity index (χ3n) is 5.59. The first-order chi connectivity index (χ1) is 13.8. The summed E-state index contributed by atoms with van der Waals surface area (Å²) in [6.45, 7) is 9.52. The van der Waals surface area contributed by atoms with E-state index < -0.39 is 0 Å². The molecule has 0 radical (unpaired) electrons. The first-order valence-corrected chi connectivity index (χ1v) is 10.0. The highest BCUT2D eigenvalue weighted by atomic mass is 16.2. The third-order valence-corrected chi connectivity index (χ3v) is 5.59. The maximum absolute atomic E-state index is 12.6. The van der Waals surface area contributed by atoms with Gasteiger partial charge >= 0.3 is 0 Å². The topological polar surface area (TPSA) is 55.9 Å². The summed E-state index contributed by atoms with van der Waals surface area (Å²) in [4.78, 5) is 31.0. The van der Waals surface area contributed by atoms with Crippen LogP contribution in [0.4, 0.5) is 17.1 Å². The number of piperazine rings is 1. The molecule has 0 unspecified atom stereocenters. The Labute approximate surface area is 173 Å². The molecule has 1 aliphatic heterocycles. The first-order valence-electron chi connectivity index (χ1n) is 10.0. The molecule has 0 saturated carbocycles. The molecule has 6 heteroatoms. The number of amides is 2. The van der Waals surface area contributed by atoms with Gasteiger partial charge in [-0.1, -0.05) is 12.1 Å². The van der Waals surface area contributed by atoms with Gasteiger partial charge in [0.15, 0.2) is 0 Å². The number of likely N-dealkylation sites (N-methyl/N-ethyl adjacent to an activating group) is 1. The van der Waals surface area contributed by atoms with Gasteiger partial charge in [-0.05, 0) is 62.4 Å². The SMILES string of the molecule is CC(=O)N(CC(=O)Nc1cccc(C)c1C)c1ccc(N2CCN(C)CC2)cc1. The van der Waals surface area contributed by atoms with Gasteiger partial charge in [-0.25, -0.2) is 0 Å². The molecular weight excluding hydrogens is 364 g/mol. The standard InChI is InChI=1S/C23H30N4O2/c1-17-6-5-7-22(18(17)2)24-23(29)16-27(19(3)28)21-10-8-20(9-11-21)26-14-12-25(4)13-15-26/h5-11H,12-16H2,1-4H3,(H,24,29). The van der Waals surface area contributed by atoms with Gasteiger partial charge in [0.05, 0.1) is 0 Å². The van der Waals surface area contributed by atoms with Crippen molar-refractivity contribution in [1.29, 1.82) is 0 Å². The largest absolute Gasteiger partial charge is 0.369 e. The van der Waals surface area contributed by atoms with Crippen LogP contribution in [-0.4, -0.2) is 56.5 Å². The molecule has 0 spiro atoms. The van der Waals surface area contributed by atoms with E-state index in [2.05, 4.69) is 22.2 Å². The van der Waals surface area contributed by atoms with Crippen LogP contribution in [0.25, 0.3) is 0 Å². The van der Waals surface area contributed by atoms with Gasteiger partial charge in [-0.2, -0.15) is 0 Å². The Kier molecular flexibility index (Phi) is 6.54. The highest BCUT2D eigenvalue weighted by Crippen LogP contribution is 2.23. The fraction of sp³-hybridized carbons (Fsp3) is 0.391. The average molecular weight is 395 g/mol. The van der Waals surface area contributed by atoms with Crippen molar-refractivity contribution >= 4 is 28.9 Å². The van der Waals surface area contributed by atoms with Crippen LogP contribution in [-0.2, 0) is 9.59 Å². The molecule has 1 N–H and O–H groups in total. The predicted octanol–water partition coefficient (Wildman–Crippen LogP) is 3.05. The molecule has 2 amide bonds. The van der Waals surface area contributed by atoms with Gasteiger partial charge in [0.2, 0.25) is 11.8 Å². The molecule has 1 aliphatic rings. The lowest BCUT2D eigenvalue weighted by atomic mass is 10.1. The smallest absolute Gasteiger partial charge is 0.244 e. The van der Waals surface area contributed by atoms with Crippen molar-refractivity contribution in [3.05, 3.63) is 53.6 Å². The van der Waals surface area contributed by atoms with Gasteiger partial charge in [-0.15, -0.1) is 0 Å². The van der Waals surface area contributed by atoms with Crippen LogP contribution in [0.1, 0.15) is 18.1 Å². The van der Waals surface area contributed by atoms with Crippen LogP contribution < -0.4 is 15.1 Å². The number of nitrogens with one attached hydrogen (secondary N) is 1. The van der Waals surface area contributed by atoms with Crippen molar-refractivity contribution in [3.8, 4) is 0 Å². The Morgan fingerprint density at radius 3 is 2.28 bits per heavy atom. The van der Waals surface area contributed by atoms with Crippen molar-refractivity contribution in [1.82, 2.24) is 4.90 Å². The van der Waals surface area contributed by atoms with Crippen molar-refractivity contribution in [2.45, 2.75) is 20.8 Å². The van der Waals surface area contributed by atoms with E-state index in [1.807, 2.05) is 56.3 Å². The highest BCUT2D eigenvalue weighted by Gasteiger charge is 2.18. The van der Waals surface area contributed by atoms with E-state index >= 15 is 0 Å². The molecule has 2 aromatic rings. The van der Waals surface area contributed by atoms with Crippen LogP contribution in [0.2, 0.25) is 0 Å². The number of aryl methyl sites for hydroxylation is 1. The lowest BCUT2D eigenvalue weighted by Gasteiger charge is -2.34. The van der Waals surface area contributed by atoms with E-state index in [-0.39, 0.29) is 18.4 Å². The summed E-state index contributed by atoms with van der Waals surface area (Å²) in [7, 11) is 2.13. The van der Waals surface area contributed by atoms with Gasteiger partial charge in [0.1, 0.15) is 6.54 Å². The molecular formula is C23H30N4O2. The minimum atomic E-state index is -0.211. The Hall–Kier alpha value is -2.86. The lowest BCUT2D eigenvalue weighted by Crippen LogP contribution is -2.44. The lowest BCUT2D eigenvalue weighted by molar-refractivity contribution is -0.120. The zero-order chi connectivity index (χ0) is 21.0. The molecule has 0 bridgehead atoms. The predicted molar refractivity (Wildman–Crippen MR) is 119 cm³/mol. The fourth-order valence-electron chi connectivity index (χ4n) is 3.51. The number of rotatable bonds is 5. The summed E-state index contributed by atoms with van der Waals surface area (Å²) in [5.41, 5.74) is 4.80. The summed E-state index contributed by atoms with van der Waals surface area (Å²) in [5.74, 6) is -0.370. The molecule has 0 aliphatic carbocycles. The monoisotopic (exact) mass is 394 g/mol. The molecule has 6 nitrogen and oxygen atoms in total.